The van der Waals surface area contributed by atoms with Crippen molar-refractivity contribution in [3.63, 3.8) is 0 Å². The number of benzene rings is 2. The lowest BCUT2D eigenvalue weighted by atomic mass is 9.98. The summed E-state index contributed by atoms with van der Waals surface area (Å²) in [5.74, 6) is 0.713. The molecule has 1 fully saturated rings. The molecule has 0 aromatic heterocycles. The molecule has 27 heavy (non-hydrogen) atoms. The number of likely N-dealkylation sites (tertiary alicyclic amines) is 1. The summed E-state index contributed by atoms with van der Waals surface area (Å²) in [6, 6.07) is 13.1. The zero-order valence-corrected chi connectivity index (χ0v) is 15.8. The normalized spacial score (nSPS) is 18.0. The second kappa shape index (κ2) is 8.22. The third-order valence-corrected chi connectivity index (χ3v) is 4.90. The number of carbonyl (C=O) groups is 1. The number of aliphatic hydroxyl groups is 1. The van der Waals surface area contributed by atoms with Crippen LogP contribution in [0.5, 0.6) is 5.75 Å². The number of amides is 1. The summed E-state index contributed by atoms with van der Waals surface area (Å²) in [5.41, 5.74) is 4.48. The summed E-state index contributed by atoms with van der Waals surface area (Å²) in [6.07, 6.45) is 0.525. The van der Waals surface area contributed by atoms with Crippen molar-refractivity contribution < 1.29 is 19.5 Å². The first-order chi connectivity index (χ1) is 13.1. The topological polar surface area (TPSA) is 71.4 Å². The molecule has 3 rings (SSSR count). The summed E-state index contributed by atoms with van der Waals surface area (Å²) < 4.78 is 5.38. The van der Waals surface area contributed by atoms with E-state index in [1.165, 1.54) is 7.11 Å². The largest absolute Gasteiger partial charge is 0.496 e. The molecule has 2 aromatic carbocycles. The van der Waals surface area contributed by atoms with E-state index in [-0.39, 0.29) is 18.6 Å². The Hall–Kier alpha value is -2.86. The van der Waals surface area contributed by atoms with E-state index in [9.17, 15) is 9.90 Å². The van der Waals surface area contributed by atoms with Crippen molar-refractivity contribution in [1.29, 1.82) is 0 Å². The van der Waals surface area contributed by atoms with E-state index in [1.807, 2.05) is 49.4 Å². The van der Waals surface area contributed by atoms with Gasteiger partial charge in [0, 0.05) is 12.0 Å². The van der Waals surface area contributed by atoms with Crippen LogP contribution in [0.4, 0.5) is 0 Å². The standard InChI is InChI=1S/C21H24N2O4/c1-14-19(5-4-6-20(14)26-2)15-7-9-16(10-8-15)21(25)23-12-17(22-27-3)11-18(23)13-24/h4-10,18,24H,11-13H2,1-3H3. The van der Waals surface area contributed by atoms with E-state index in [0.29, 0.717) is 18.5 Å². The molecule has 6 heteroatoms. The van der Waals surface area contributed by atoms with Crippen molar-refractivity contribution in [1.82, 2.24) is 4.90 Å². The Morgan fingerprint density at radius 1 is 1.22 bits per heavy atom. The van der Waals surface area contributed by atoms with Crippen molar-refractivity contribution >= 4 is 11.6 Å². The average Bonchev–Trinajstić information content (AvgIpc) is 3.11. The minimum Gasteiger partial charge on any atom is -0.496 e. The van der Waals surface area contributed by atoms with Crippen LogP contribution < -0.4 is 4.74 Å². The number of ether oxygens (including phenoxy) is 1. The van der Waals surface area contributed by atoms with Gasteiger partial charge in [-0.1, -0.05) is 29.4 Å². The van der Waals surface area contributed by atoms with Crippen molar-refractivity contribution in [2.24, 2.45) is 5.16 Å². The van der Waals surface area contributed by atoms with Gasteiger partial charge in [-0.3, -0.25) is 4.79 Å². The smallest absolute Gasteiger partial charge is 0.254 e. The molecule has 1 amide bonds. The zero-order valence-electron chi connectivity index (χ0n) is 15.8. The van der Waals surface area contributed by atoms with Crippen molar-refractivity contribution in [2.75, 3.05) is 27.4 Å². The van der Waals surface area contributed by atoms with Crippen LogP contribution in [0.15, 0.2) is 47.6 Å². The van der Waals surface area contributed by atoms with E-state index in [4.69, 9.17) is 9.57 Å². The first kappa shape index (κ1) is 18.9. The Balaban J connectivity index is 1.83. The molecule has 0 saturated carbocycles. The SMILES string of the molecule is CON=C1CC(CO)N(C(=O)c2ccc(-c3cccc(OC)c3C)cc2)C1. The maximum Gasteiger partial charge on any atom is 0.254 e. The van der Waals surface area contributed by atoms with Crippen LogP contribution in [-0.2, 0) is 4.84 Å². The van der Waals surface area contributed by atoms with E-state index in [0.717, 1.165) is 28.2 Å². The van der Waals surface area contributed by atoms with Gasteiger partial charge in [-0.2, -0.15) is 0 Å². The van der Waals surface area contributed by atoms with Gasteiger partial charge in [0.1, 0.15) is 12.9 Å². The number of methoxy groups -OCH3 is 1. The molecule has 0 bridgehead atoms. The molecule has 6 nitrogen and oxygen atoms in total. The molecule has 142 valence electrons. The number of aliphatic hydroxyl groups excluding tert-OH is 1. The quantitative estimate of drug-likeness (QED) is 0.824. The average molecular weight is 368 g/mol. The van der Waals surface area contributed by atoms with Crippen LogP contribution in [0.2, 0.25) is 0 Å². The van der Waals surface area contributed by atoms with Crippen LogP contribution in [0.25, 0.3) is 11.1 Å². The third-order valence-electron chi connectivity index (χ3n) is 4.90. The zero-order chi connectivity index (χ0) is 19.4. The maximum absolute atomic E-state index is 12.9. The predicted octanol–water partition coefficient (Wildman–Crippen LogP) is 2.88. The Morgan fingerprint density at radius 2 is 1.96 bits per heavy atom. The lowest BCUT2D eigenvalue weighted by Gasteiger charge is -2.22. The molecule has 1 aliphatic rings. The summed E-state index contributed by atoms with van der Waals surface area (Å²) in [6.45, 7) is 2.28. The lowest BCUT2D eigenvalue weighted by molar-refractivity contribution is 0.0680. The highest BCUT2D eigenvalue weighted by atomic mass is 16.6. The van der Waals surface area contributed by atoms with Crippen molar-refractivity contribution in [3.8, 4) is 16.9 Å². The highest BCUT2D eigenvalue weighted by molar-refractivity contribution is 6.00. The van der Waals surface area contributed by atoms with E-state index in [2.05, 4.69) is 5.16 Å². The molecule has 0 spiro atoms. The number of oxime groups is 1. The second-order valence-electron chi connectivity index (χ2n) is 6.52. The van der Waals surface area contributed by atoms with E-state index in [1.54, 1.807) is 12.0 Å². The molecule has 1 aliphatic heterocycles. The van der Waals surface area contributed by atoms with Gasteiger partial charge < -0.3 is 19.6 Å². The van der Waals surface area contributed by atoms with Crippen LogP contribution >= 0.6 is 0 Å². The van der Waals surface area contributed by atoms with E-state index < -0.39 is 0 Å². The molecular weight excluding hydrogens is 344 g/mol. The van der Waals surface area contributed by atoms with Crippen LogP contribution in [-0.4, -0.2) is 55.0 Å². The molecule has 1 unspecified atom stereocenters. The Kier molecular flexibility index (Phi) is 5.76. The van der Waals surface area contributed by atoms with Crippen LogP contribution in [0, 0.1) is 6.92 Å². The van der Waals surface area contributed by atoms with Crippen molar-refractivity contribution in [2.45, 2.75) is 19.4 Å². The molecule has 0 aliphatic carbocycles. The van der Waals surface area contributed by atoms with Crippen molar-refractivity contribution in [3.05, 3.63) is 53.6 Å². The first-order valence-corrected chi connectivity index (χ1v) is 8.83. The fourth-order valence-electron chi connectivity index (χ4n) is 3.47. The summed E-state index contributed by atoms with van der Waals surface area (Å²) in [7, 11) is 3.13. The summed E-state index contributed by atoms with van der Waals surface area (Å²) in [5, 5.41) is 13.5. The lowest BCUT2D eigenvalue weighted by Crippen LogP contribution is -2.37. The molecule has 0 radical (unpaired) electrons. The molecule has 1 atom stereocenters. The van der Waals surface area contributed by atoms with Crippen LogP contribution in [0.1, 0.15) is 22.3 Å². The highest BCUT2D eigenvalue weighted by Gasteiger charge is 2.33. The number of nitrogens with zero attached hydrogens (tertiary/aromatic N) is 2. The predicted molar refractivity (Wildman–Crippen MR) is 104 cm³/mol. The van der Waals surface area contributed by atoms with Gasteiger partial charge >= 0.3 is 0 Å². The first-order valence-electron chi connectivity index (χ1n) is 8.83. The minimum absolute atomic E-state index is 0.102. The van der Waals surface area contributed by atoms with Gasteiger partial charge in [0.05, 0.1) is 32.0 Å². The number of hydrogen-bond donors (Lipinski definition) is 1. The Labute approximate surface area is 159 Å². The number of rotatable bonds is 5. The number of hydrogen-bond acceptors (Lipinski definition) is 5. The monoisotopic (exact) mass is 368 g/mol. The summed E-state index contributed by atoms with van der Waals surface area (Å²) in [4.78, 5) is 19.3. The second-order valence-corrected chi connectivity index (χ2v) is 6.52. The highest BCUT2D eigenvalue weighted by Crippen LogP contribution is 2.30. The number of carbonyl (C=O) groups excluding carboxylic acids is 1. The Bertz CT molecular complexity index is 846. The fraction of sp³-hybridized carbons (Fsp3) is 0.333. The van der Waals surface area contributed by atoms with Crippen LogP contribution in [0.3, 0.4) is 0 Å². The van der Waals surface area contributed by atoms with E-state index >= 15 is 0 Å². The van der Waals surface area contributed by atoms with Gasteiger partial charge in [0.2, 0.25) is 0 Å². The maximum atomic E-state index is 12.9. The minimum atomic E-state index is -0.272. The molecule has 2 aromatic rings. The molecular formula is C21H24N2O4. The van der Waals surface area contributed by atoms with Gasteiger partial charge in [-0.15, -0.1) is 0 Å². The molecule has 1 heterocycles. The Morgan fingerprint density at radius 3 is 2.59 bits per heavy atom. The molecule has 1 saturated heterocycles. The van der Waals surface area contributed by atoms with Gasteiger partial charge in [-0.05, 0) is 41.8 Å². The molecule has 1 N–H and O–H groups in total. The fourth-order valence-corrected chi connectivity index (χ4v) is 3.47. The third kappa shape index (κ3) is 3.80. The van der Waals surface area contributed by atoms with Gasteiger partial charge in [0.15, 0.2) is 0 Å². The van der Waals surface area contributed by atoms with Gasteiger partial charge in [-0.25, -0.2) is 0 Å². The summed E-state index contributed by atoms with van der Waals surface area (Å²) >= 11 is 0. The van der Waals surface area contributed by atoms with Gasteiger partial charge in [0.25, 0.3) is 5.91 Å².